The molecule has 1 aliphatic heterocycles. The van der Waals surface area contributed by atoms with Crippen molar-refractivity contribution in [2.75, 3.05) is 25.0 Å². The molecule has 1 saturated carbocycles. The molecule has 0 radical (unpaired) electrons. The number of anilines is 1. The number of hydrogen-bond acceptors (Lipinski definition) is 6. The summed E-state index contributed by atoms with van der Waals surface area (Å²) < 4.78 is 5.43. The Morgan fingerprint density at radius 1 is 1.31 bits per heavy atom. The molecule has 0 spiro atoms. The lowest BCUT2D eigenvalue weighted by molar-refractivity contribution is -0.128. The summed E-state index contributed by atoms with van der Waals surface area (Å²) in [4.78, 5) is 23.8. The minimum atomic E-state index is -0.0307. The van der Waals surface area contributed by atoms with E-state index in [1.807, 2.05) is 23.1 Å². The highest BCUT2D eigenvalue weighted by Crippen LogP contribution is 2.29. The van der Waals surface area contributed by atoms with E-state index >= 15 is 0 Å². The number of amides is 1. The van der Waals surface area contributed by atoms with Crippen molar-refractivity contribution in [3.8, 4) is 11.3 Å². The van der Waals surface area contributed by atoms with Crippen LogP contribution in [0.15, 0.2) is 57.5 Å². The Balaban J connectivity index is 1.53. The summed E-state index contributed by atoms with van der Waals surface area (Å²) in [6.07, 6.45) is 9.88. The molecular formula is C25H33N5O2. The van der Waals surface area contributed by atoms with Crippen LogP contribution in [0.1, 0.15) is 51.9 Å². The Labute approximate surface area is 189 Å². The molecule has 32 heavy (non-hydrogen) atoms. The van der Waals surface area contributed by atoms with Gasteiger partial charge in [0.15, 0.2) is 12.2 Å². The largest absolute Gasteiger partial charge is 0.444 e. The molecule has 0 bridgehead atoms. The fourth-order valence-corrected chi connectivity index (χ4v) is 4.49. The van der Waals surface area contributed by atoms with Crippen molar-refractivity contribution >= 4 is 17.3 Å². The Kier molecular flexibility index (Phi) is 7.24. The lowest BCUT2D eigenvalue weighted by atomic mass is 9.86. The summed E-state index contributed by atoms with van der Waals surface area (Å²) in [5.41, 5.74) is 10.8. The number of benzene rings is 1. The zero-order chi connectivity index (χ0) is 22.3. The number of piperidine rings is 1. The van der Waals surface area contributed by atoms with Gasteiger partial charge in [0.05, 0.1) is 6.20 Å². The smallest absolute Gasteiger partial charge is 0.270 e. The molecule has 1 aromatic carbocycles. The van der Waals surface area contributed by atoms with E-state index in [1.54, 1.807) is 6.20 Å². The van der Waals surface area contributed by atoms with Gasteiger partial charge in [-0.05, 0) is 57.1 Å². The molecule has 3 N–H and O–H groups in total. The second-order valence-electron chi connectivity index (χ2n) is 8.60. The van der Waals surface area contributed by atoms with Crippen LogP contribution in [0, 0.1) is 0 Å². The molecule has 1 aliphatic carbocycles. The van der Waals surface area contributed by atoms with Gasteiger partial charge in [0.1, 0.15) is 5.70 Å². The molecule has 7 heteroatoms. The predicted molar refractivity (Wildman–Crippen MR) is 127 cm³/mol. The number of aliphatic imine (C=N–C) groups is 1. The highest BCUT2D eigenvalue weighted by Gasteiger charge is 2.28. The SMILES string of the molecule is CCCN=C1CCC(Nc2cccc(-c3cnco3)c2)C/C1=C(/N)C(=O)N1CCCCC1. The number of carbonyl (C=O) groups is 1. The number of nitrogens with two attached hydrogens (primary N) is 1. The van der Waals surface area contributed by atoms with Crippen molar-refractivity contribution in [2.45, 2.75) is 57.9 Å². The molecule has 2 aromatic rings. The van der Waals surface area contributed by atoms with Crippen LogP contribution >= 0.6 is 0 Å². The summed E-state index contributed by atoms with van der Waals surface area (Å²) in [7, 11) is 0. The average molecular weight is 436 g/mol. The number of carbonyl (C=O) groups excluding carboxylic acids is 1. The van der Waals surface area contributed by atoms with Gasteiger partial charge < -0.3 is 20.4 Å². The molecule has 2 fully saturated rings. The summed E-state index contributed by atoms with van der Waals surface area (Å²) in [6.45, 7) is 4.47. The van der Waals surface area contributed by atoms with Crippen LogP contribution in [0.2, 0.25) is 0 Å². The number of nitrogens with one attached hydrogen (secondary N) is 1. The van der Waals surface area contributed by atoms with Gasteiger partial charge in [0.25, 0.3) is 5.91 Å². The number of oxazole rings is 1. The van der Waals surface area contributed by atoms with Crippen molar-refractivity contribution in [2.24, 2.45) is 10.7 Å². The highest BCUT2D eigenvalue weighted by atomic mass is 16.3. The van der Waals surface area contributed by atoms with E-state index in [0.717, 1.165) is 80.0 Å². The molecule has 1 unspecified atom stereocenters. The maximum absolute atomic E-state index is 13.1. The van der Waals surface area contributed by atoms with Gasteiger partial charge >= 0.3 is 0 Å². The molecule has 7 nitrogen and oxygen atoms in total. The number of rotatable bonds is 6. The lowest BCUT2D eigenvalue weighted by Crippen LogP contribution is -2.40. The van der Waals surface area contributed by atoms with Crippen LogP contribution in [0.4, 0.5) is 5.69 Å². The Bertz CT molecular complexity index is 974. The second kappa shape index (κ2) is 10.5. The number of aromatic nitrogens is 1. The van der Waals surface area contributed by atoms with Gasteiger partial charge in [-0.25, -0.2) is 4.98 Å². The first-order valence-corrected chi connectivity index (χ1v) is 11.7. The topological polar surface area (TPSA) is 96.7 Å². The third-order valence-corrected chi connectivity index (χ3v) is 6.20. The standard InChI is InChI=1S/C25H33N5O2/c1-2-11-28-22-10-9-20(15-21(22)24(26)25(31)30-12-4-3-5-13-30)29-19-8-6-7-18(14-19)23-16-27-17-32-23/h6-8,14,16-17,20,29H,2-5,9-13,15,26H2,1H3/b24-21-,28-22?. The molecule has 1 atom stereocenters. The zero-order valence-corrected chi connectivity index (χ0v) is 18.8. The minimum absolute atomic E-state index is 0.0307. The monoisotopic (exact) mass is 435 g/mol. The first-order valence-electron chi connectivity index (χ1n) is 11.7. The van der Waals surface area contributed by atoms with Crippen LogP contribution in [0.5, 0.6) is 0 Å². The first-order chi connectivity index (χ1) is 15.7. The van der Waals surface area contributed by atoms with Crippen molar-refractivity contribution < 1.29 is 9.21 Å². The molecule has 1 amide bonds. The van der Waals surface area contributed by atoms with E-state index in [0.29, 0.717) is 12.1 Å². The van der Waals surface area contributed by atoms with Gasteiger partial charge in [0, 0.05) is 48.2 Å². The lowest BCUT2D eigenvalue weighted by Gasteiger charge is -2.31. The summed E-state index contributed by atoms with van der Waals surface area (Å²) in [6, 6.07) is 8.30. The highest BCUT2D eigenvalue weighted by molar-refractivity contribution is 6.08. The van der Waals surface area contributed by atoms with E-state index in [1.165, 1.54) is 12.8 Å². The van der Waals surface area contributed by atoms with Gasteiger partial charge in [-0.3, -0.25) is 9.79 Å². The van der Waals surface area contributed by atoms with Crippen molar-refractivity contribution in [3.63, 3.8) is 0 Å². The van der Waals surface area contributed by atoms with Gasteiger partial charge in [-0.15, -0.1) is 0 Å². The Morgan fingerprint density at radius 2 is 2.16 bits per heavy atom. The van der Waals surface area contributed by atoms with E-state index in [4.69, 9.17) is 15.1 Å². The second-order valence-corrected chi connectivity index (χ2v) is 8.60. The van der Waals surface area contributed by atoms with Gasteiger partial charge in [0.2, 0.25) is 0 Å². The average Bonchev–Trinajstić information content (AvgIpc) is 3.38. The fourth-order valence-electron chi connectivity index (χ4n) is 4.49. The maximum Gasteiger partial charge on any atom is 0.270 e. The Morgan fingerprint density at radius 3 is 2.91 bits per heavy atom. The van der Waals surface area contributed by atoms with Gasteiger partial charge in [-0.1, -0.05) is 19.1 Å². The van der Waals surface area contributed by atoms with Gasteiger partial charge in [-0.2, -0.15) is 0 Å². The fraction of sp³-hybridized carbons (Fsp3) is 0.480. The molecule has 1 saturated heterocycles. The molecule has 1 aromatic heterocycles. The van der Waals surface area contributed by atoms with Crippen molar-refractivity contribution in [3.05, 3.63) is 48.1 Å². The molecule has 170 valence electrons. The third-order valence-electron chi connectivity index (χ3n) is 6.20. The molecular weight excluding hydrogens is 402 g/mol. The number of nitrogens with zero attached hydrogens (tertiary/aromatic N) is 3. The summed E-state index contributed by atoms with van der Waals surface area (Å²) in [5.74, 6) is 0.708. The molecule has 2 heterocycles. The van der Waals surface area contributed by atoms with Crippen LogP contribution in [-0.2, 0) is 4.79 Å². The van der Waals surface area contributed by atoms with Crippen LogP contribution in [-0.4, -0.2) is 47.2 Å². The maximum atomic E-state index is 13.1. The van der Waals surface area contributed by atoms with E-state index in [-0.39, 0.29) is 11.9 Å². The van der Waals surface area contributed by atoms with Crippen molar-refractivity contribution in [1.29, 1.82) is 0 Å². The summed E-state index contributed by atoms with van der Waals surface area (Å²) >= 11 is 0. The van der Waals surface area contributed by atoms with Crippen LogP contribution in [0.25, 0.3) is 11.3 Å². The van der Waals surface area contributed by atoms with Crippen molar-refractivity contribution in [1.82, 2.24) is 9.88 Å². The normalized spacial score (nSPS) is 22.1. The molecule has 2 aliphatic rings. The third kappa shape index (κ3) is 5.21. The minimum Gasteiger partial charge on any atom is -0.444 e. The van der Waals surface area contributed by atoms with E-state index < -0.39 is 0 Å². The quantitative estimate of drug-likeness (QED) is 0.656. The zero-order valence-electron chi connectivity index (χ0n) is 18.8. The molecule has 4 rings (SSSR count). The van der Waals surface area contributed by atoms with Crippen LogP contribution < -0.4 is 11.1 Å². The van der Waals surface area contributed by atoms with Crippen LogP contribution in [0.3, 0.4) is 0 Å². The first kappa shape index (κ1) is 22.1. The number of likely N-dealkylation sites (tertiary alicyclic amines) is 1. The van der Waals surface area contributed by atoms with E-state index in [2.05, 4.69) is 23.3 Å². The van der Waals surface area contributed by atoms with E-state index in [9.17, 15) is 4.79 Å². The summed E-state index contributed by atoms with van der Waals surface area (Å²) in [5, 5.41) is 3.63. The number of hydrogen-bond donors (Lipinski definition) is 2. The Hall–Kier alpha value is -3.09. The predicted octanol–water partition coefficient (Wildman–Crippen LogP) is 4.38.